The number of ether oxygens (including phenoxy) is 1. The summed E-state index contributed by atoms with van der Waals surface area (Å²) in [5.74, 6) is -0.0379. The van der Waals surface area contributed by atoms with Gasteiger partial charge < -0.3 is 29.9 Å². The van der Waals surface area contributed by atoms with E-state index in [0.29, 0.717) is 32.1 Å². The van der Waals surface area contributed by atoms with Gasteiger partial charge >= 0.3 is 0 Å². The minimum atomic E-state index is -0.892. The molecule has 3 aromatic rings. The van der Waals surface area contributed by atoms with Crippen LogP contribution in [0.5, 0.6) is 5.75 Å². The van der Waals surface area contributed by atoms with Gasteiger partial charge in [0.15, 0.2) is 0 Å². The molecule has 0 aromatic heterocycles. The Bertz CT molecular complexity index is 1750. The second-order valence-electron chi connectivity index (χ2n) is 13.9. The van der Waals surface area contributed by atoms with Gasteiger partial charge in [-0.2, -0.15) is 0 Å². The van der Waals surface area contributed by atoms with Crippen LogP contribution in [0.25, 0.3) is 10.8 Å². The number of rotatable bonds is 8. The van der Waals surface area contributed by atoms with Crippen molar-refractivity contribution in [3.8, 4) is 5.75 Å². The molecule has 8 unspecified atom stereocenters. The summed E-state index contributed by atoms with van der Waals surface area (Å²) in [6.07, 6.45) is 0.324. The Morgan fingerprint density at radius 3 is 2.40 bits per heavy atom. The molecular formula is C37H40N4O6. The first-order valence-corrected chi connectivity index (χ1v) is 16.8. The van der Waals surface area contributed by atoms with E-state index >= 15 is 0 Å². The highest BCUT2D eigenvalue weighted by atomic mass is 16.5. The zero-order chi connectivity index (χ0) is 32.4. The van der Waals surface area contributed by atoms with Crippen molar-refractivity contribution < 1.29 is 29.0 Å². The van der Waals surface area contributed by atoms with Gasteiger partial charge in [0.2, 0.25) is 17.7 Å². The number of carbonyl (C=O) groups is 4. The SMILES string of the molecule is COc1ccccc1N1CCN(C(=O)C(Cc2ccc3ccccc3c2)NC(=O)C2CC(O)CN2C(=O)C2C3CC4C(C3=O)C42)CC1. The average molecular weight is 637 g/mol. The molecule has 4 aliphatic carbocycles. The Kier molecular flexibility index (Phi) is 7.43. The number of ketones is 1. The van der Waals surface area contributed by atoms with E-state index in [2.05, 4.69) is 10.2 Å². The first-order chi connectivity index (χ1) is 22.8. The van der Waals surface area contributed by atoms with Gasteiger partial charge in [-0.1, -0.05) is 54.6 Å². The standard InChI is InChI=1S/C37H40N4O6/c1-47-30-9-5-4-8-28(30)39-12-14-40(15-13-39)36(45)27(17-21-10-11-22-6-2-3-7-23(22)16-21)38-35(44)29-18-24(42)20-41(29)37(46)33-26-19-25-31(33)32(25)34(26)43/h2-11,16,24-27,29,31-33,42H,12-15,17-20H2,1H3,(H,38,44). The smallest absolute Gasteiger partial charge is 0.245 e. The number of anilines is 1. The molecule has 4 saturated carbocycles. The number of amides is 3. The zero-order valence-corrected chi connectivity index (χ0v) is 26.5. The van der Waals surface area contributed by atoms with Crippen molar-refractivity contribution in [3.63, 3.8) is 0 Å². The molecule has 8 atom stereocenters. The summed E-state index contributed by atoms with van der Waals surface area (Å²) >= 11 is 0. The highest BCUT2D eigenvalue weighted by Gasteiger charge is 2.76. The minimum Gasteiger partial charge on any atom is -0.495 e. The number of nitrogens with zero attached hydrogens (tertiary/aromatic N) is 3. The fraction of sp³-hybridized carbons (Fsp3) is 0.459. The molecular weight excluding hydrogens is 596 g/mol. The van der Waals surface area contributed by atoms with Crippen LogP contribution in [0.2, 0.25) is 0 Å². The van der Waals surface area contributed by atoms with Crippen molar-refractivity contribution in [3.05, 3.63) is 72.3 Å². The summed E-state index contributed by atoms with van der Waals surface area (Å²) in [6, 6.07) is 20.2. The quantitative estimate of drug-likeness (QED) is 0.390. The van der Waals surface area contributed by atoms with Crippen molar-refractivity contribution in [1.82, 2.24) is 15.1 Å². The van der Waals surface area contributed by atoms with E-state index in [1.807, 2.05) is 66.7 Å². The van der Waals surface area contributed by atoms with E-state index in [4.69, 9.17) is 4.74 Å². The van der Waals surface area contributed by atoms with Crippen LogP contribution in [0.3, 0.4) is 0 Å². The van der Waals surface area contributed by atoms with Crippen molar-refractivity contribution >= 4 is 40.0 Å². The molecule has 9 rings (SSSR count). The third kappa shape index (κ3) is 5.13. The van der Waals surface area contributed by atoms with E-state index in [1.165, 1.54) is 4.90 Å². The first kappa shape index (κ1) is 29.9. The normalized spacial score (nSPS) is 29.7. The molecule has 2 N–H and O–H groups in total. The molecule has 244 valence electrons. The van der Waals surface area contributed by atoms with Gasteiger partial charge in [-0.15, -0.1) is 0 Å². The molecule has 47 heavy (non-hydrogen) atoms. The van der Waals surface area contributed by atoms with Crippen molar-refractivity contribution in [1.29, 1.82) is 0 Å². The third-order valence-electron chi connectivity index (χ3n) is 11.3. The maximum atomic E-state index is 14.2. The monoisotopic (exact) mass is 636 g/mol. The maximum absolute atomic E-state index is 14.2. The Labute approximate surface area is 273 Å². The molecule has 2 heterocycles. The number of benzene rings is 3. The molecule has 6 fully saturated rings. The van der Waals surface area contributed by atoms with Crippen LogP contribution in [-0.2, 0) is 25.6 Å². The summed E-state index contributed by atoms with van der Waals surface area (Å²) in [5, 5.41) is 15.8. The number of hydrogen-bond acceptors (Lipinski definition) is 7. The van der Waals surface area contributed by atoms with Gasteiger partial charge in [-0.05, 0) is 46.7 Å². The molecule has 3 aromatic carbocycles. The number of β-amino-alcohol motifs (C(OH)–C–C–N with tert-alkyl or cyclic N) is 1. The first-order valence-electron chi connectivity index (χ1n) is 16.8. The number of likely N-dealkylation sites (tertiary alicyclic amines) is 1. The largest absolute Gasteiger partial charge is 0.495 e. The lowest BCUT2D eigenvalue weighted by Gasteiger charge is -2.38. The predicted octanol–water partition coefficient (Wildman–Crippen LogP) is 2.27. The molecule has 0 radical (unpaired) electrons. The van der Waals surface area contributed by atoms with Gasteiger partial charge in [0.1, 0.15) is 23.6 Å². The Morgan fingerprint density at radius 1 is 0.957 bits per heavy atom. The Hall–Kier alpha value is -4.44. The number of fused-ring (bicyclic) bond motifs is 1. The molecule has 10 nitrogen and oxygen atoms in total. The van der Waals surface area contributed by atoms with E-state index < -0.39 is 24.1 Å². The van der Waals surface area contributed by atoms with E-state index in [1.54, 1.807) is 12.0 Å². The predicted molar refractivity (Wildman–Crippen MR) is 175 cm³/mol. The second kappa shape index (κ2) is 11.7. The van der Waals surface area contributed by atoms with Crippen LogP contribution in [0.1, 0.15) is 18.4 Å². The van der Waals surface area contributed by atoms with Crippen LogP contribution in [0, 0.1) is 29.6 Å². The number of para-hydroxylation sites is 2. The fourth-order valence-corrected chi connectivity index (χ4v) is 9.03. The number of Topliss-reactive ketones (excluding diaryl/α,β-unsaturated/α-hetero) is 1. The Morgan fingerprint density at radius 2 is 1.70 bits per heavy atom. The summed E-state index contributed by atoms with van der Waals surface area (Å²) < 4.78 is 5.56. The van der Waals surface area contributed by atoms with Gasteiger partial charge in [-0.3, -0.25) is 19.2 Å². The number of hydrogen-bond donors (Lipinski definition) is 2. The molecule has 4 bridgehead atoms. The lowest BCUT2D eigenvalue weighted by Crippen LogP contribution is -2.58. The lowest BCUT2D eigenvalue weighted by molar-refractivity contribution is -0.144. The maximum Gasteiger partial charge on any atom is 0.245 e. The number of carbonyl (C=O) groups excluding carboxylic acids is 4. The van der Waals surface area contributed by atoms with Crippen LogP contribution >= 0.6 is 0 Å². The lowest BCUT2D eigenvalue weighted by atomic mass is 9.95. The number of methoxy groups -OCH3 is 1. The minimum absolute atomic E-state index is 0.0150. The van der Waals surface area contributed by atoms with Crippen molar-refractivity contribution in [2.24, 2.45) is 29.6 Å². The van der Waals surface area contributed by atoms with Gasteiger partial charge in [-0.25, -0.2) is 0 Å². The molecule has 3 amide bonds. The number of nitrogens with one attached hydrogen (secondary N) is 1. The Balaban J connectivity index is 1.01. The highest BCUT2D eigenvalue weighted by molar-refractivity contribution is 6.01. The van der Waals surface area contributed by atoms with Gasteiger partial charge in [0, 0.05) is 57.4 Å². The van der Waals surface area contributed by atoms with E-state index in [9.17, 15) is 24.3 Å². The summed E-state index contributed by atoms with van der Waals surface area (Å²) in [5.41, 5.74) is 1.89. The summed E-state index contributed by atoms with van der Waals surface area (Å²) in [4.78, 5) is 60.1. The molecule has 2 aliphatic heterocycles. The number of piperazine rings is 1. The van der Waals surface area contributed by atoms with Gasteiger partial charge in [0.25, 0.3) is 0 Å². The van der Waals surface area contributed by atoms with Crippen LogP contribution in [0.4, 0.5) is 5.69 Å². The number of aliphatic hydroxyl groups excluding tert-OH is 1. The fourth-order valence-electron chi connectivity index (χ4n) is 9.03. The molecule has 6 aliphatic rings. The van der Waals surface area contributed by atoms with E-state index in [-0.39, 0.29) is 60.7 Å². The highest BCUT2D eigenvalue weighted by Crippen LogP contribution is 2.71. The summed E-state index contributed by atoms with van der Waals surface area (Å²) in [6.45, 7) is 2.25. The molecule has 0 spiro atoms. The molecule has 10 heteroatoms. The van der Waals surface area contributed by atoms with Crippen LogP contribution in [0.15, 0.2) is 66.7 Å². The third-order valence-corrected chi connectivity index (χ3v) is 11.3. The van der Waals surface area contributed by atoms with Gasteiger partial charge in [0.05, 0.1) is 24.8 Å². The summed E-state index contributed by atoms with van der Waals surface area (Å²) in [7, 11) is 1.65. The molecule has 2 saturated heterocycles. The zero-order valence-electron chi connectivity index (χ0n) is 26.5. The number of aliphatic hydroxyl groups is 1. The second-order valence-corrected chi connectivity index (χ2v) is 13.9. The average Bonchev–Trinajstić information content (AvgIpc) is 3.40. The van der Waals surface area contributed by atoms with Crippen LogP contribution < -0.4 is 15.0 Å². The van der Waals surface area contributed by atoms with Crippen LogP contribution in [-0.4, -0.2) is 96.4 Å². The van der Waals surface area contributed by atoms with E-state index in [0.717, 1.165) is 34.2 Å². The topological polar surface area (TPSA) is 119 Å². The van der Waals surface area contributed by atoms with Crippen molar-refractivity contribution in [2.75, 3.05) is 44.7 Å². The van der Waals surface area contributed by atoms with Crippen molar-refractivity contribution in [2.45, 2.75) is 37.5 Å².